The van der Waals surface area contributed by atoms with E-state index in [9.17, 15) is 10.0 Å². The summed E-state index contributed by atoms with van der Waals surface area (Å²) in [6.45, 7) is 0.0526. The fourth-order valence-corrected chi connectivity index (χ4v) is 4.84. The summed E-state index contributed by atoms with van der Waals surface area (Å²) in [6, 6.07) is 20.1. The lowest BCUT2D eigenvalue weighted by Gasteiger charge is -2.30. The van der Waals surface area contributed by atoms with Gasteiger partial charge in [0, 0.05) is 23.0 Å². The van der Waals surface area contributed by atoms with Gasteiger partial charge in [0.2, 0.25) is 0 Å². The van der Waals surface area contributed by atoms with Crippen LogP contribution >= 0.6 is 11.6 Å². The van der Waals surface area contributed by atoms with E-state index in [1.54, 1.807) is 51.9 Å². The maximum absolute atomic E-state index is 12.4. The van der Waals surface area contributed by atoms with Gasteiger partial charge in [-0.25, -0.2) is 9.97 Å². The van der Waals surface area contributed by atoms with Gasteiger partial charge >= 0.3 is 0 Å². The van der Waals surface area contributed by atoms with Gasteiger partial charge in [0.1, 0.15) is 6.54 Å². The zero-order valence-corrected chi connectivity index (χ0v) is 20.3. The SMILES string of the molecule is Cn1cncc1C(O)(c1ccc(CN=O)cc1)c1ccc2c(c1)c(-c1cccc(Cl)c1)nc1nnnn12. The summed E-state index contributed by atoms with van der Waals surface area (Å²) < 4.78 is 3.32. The predicted molar refractivity (Wildman–Crippen MR) is 138 cm³/mol. The van der Waals surface area contributed by atoms with Gasteiger partial charge in [-0.05, 0) is 51.4 Å². The van der Waals surface area contributed by atoms with Gasteiger partial charge in [-0.15, -0.1) is 0 Å². The van der Waals surface area contributed by atoms with Gasteiger partial charge in [-0.3, -0.25) is 0 Å². The highest BCUT2D eigenvalue weighted by atomic mass is 35.5. The minimum atomic E-state index is -1.58. The zero-order chi connectivity index (χ0) is 25.6. The van der Waals surface area contributed by atoms with Gasteiger partial charge in [0.05, 0.1) is 29.4 Å². The Balaban J connectivity index is 1.64. The van der Waals surface area contributed by atoms with Crippen LogP contribution < -0.4 is 0 Å². The molecule has 0 bridgehead atoms. The number of aliphatic hydroxyl groups is 1. The molecule has 3 aromatic heterocycles. The first kappa shape index (κ1) is 22.9. The molecule has 0 aliphatic carbocycles. The number of hydrogen-bond acceptors (Lipinski definition) is 8. The van der Waals surface area contributed by atoms with Crippen molar-refractivity contribution in [2.75, 3.05) is 0 Å². The van der Waals surface area contributed by atoms with E-state index in [0.29, 0.717) is 38.8 Å². The number of benzene rings is 3. The van der Waals surface area contributed by atoms with Crippen molar-refractivity contribution in [1.29, 1.82) is 0 Å². The van der Waals surface area contributed by atoms with Gasteiger partial charge in [-0.2, -0.15) is 9.42 Å². The van der Waals surface area contributed by atoms with Crippen LogP contribution in [0.4, 0.5) is 0 Å². The Morgan fingerprint density at radius 2 is 1.86 bits per heavy atom. The summed E-state index contributed by atoms with van der Waals surface area (Å²) in [5.74, 6) is 0.344. The Labute approximate surface area is 215 Å². The Morgan fingerprint density at radius 1 is 1.05 bits per heavy atom. The van der Waals surface area contributed by atoms with Crippen molar-refractivity contribution in [3.8, 4) is 11.3 Å². The Bertz CT molecular complexity index is 1780. The maximum atomic E-state index is 12.4. The molecule has 1 N–H and O–H groups in total. The van der Waals surface area contributed by atoms with Gasteiger partial charge < -0.3 is 9.67 Å². The molecule has 0 fully saturated rings. The smallest absolute Gasteiger partial charge is 0.274 e. The van der Waals surface area contributed by atoms with E-state index < -0.39 is 5.60 Å². The number of halogens is 1. The quantitative estimate of drug-likeness (QED) is 0.332. The summed E-state index contributed by atoms with van der Waals surface area (Å²) in [5.41, 5.74) is 3.05. The molecule has 0 radical (unpaired) electrons. The van der Waals surface area contributed by atoms with Crippen LogP contribution in [0.2, 0.25) is 5.02 Å². The lowest BCUT2D eigenvalue weighted by molar-refractivity contribution is 0.117. The lowest BCUT2D eigenvalue weighted by atomic mass is 9.82. The molecule has 6 aromatic rings. The summed E-state index contributed by atoms with van der Waals surface area (Å²) in [4.78, 5) is 19.7. The second-order valence-electron chi connectivity index (χ2n) is 8.68. The molecular formula is C26H19ClN8O2. The average molecular weight is 511 g/mol. The molecule has 0 saturated carbocycles. The third-order valence-corrected chi connectivity index (χ3v) is 6.70. The normalized spacial score (nSPS) is 13.2. The highest BCUT2D eigenvalue weighted by Gasteiger charge is 2.37. The predicted octanol–water partition coefficient (Wildman–Crippen LogP) is 4.28. The molecule has 37 heavy (non-hydrogen) atoms. The molecular weight excluding hydrogens is 492 g/mol. The number of nitroso groups, excluding NO2 is 1. The van der Waals surface area contributed by atoms with E-state index in [-0.39, 0.29) is 6.54 Å². The van der Waals surface area contributed by atoms with Crippen molar-refractivity contribution in [3.63, 3.8) is 0 Å². The highest BCUT2D eigenvalue weighted by Crippen LogP contribution is 2.39. The molecule has 0 saturated heterocycles. The fraction of sp³-hybridized carbons (Fsp3) is 0.115. The van der Waals surface area contributed by atoms with Crippen molar-refractivity contribution in [3.05, 3.63) is 112 Å². The van der Waals surface area contributed by atoms with Crippen LogP contribution in [-0.4, -0.2) is 39.7 Å². The number of nitrogens with zero attached hydrogens (tertiary/aromatic N) is 8. The van der Waals surface area contributed by atoms with Crippen molar-refractivity contribution < 1.29 is 5.11 Å². The first-order valence-corrected chi connectivity index (χ1v) is 11.7. The largest absolute Gasteiger partial charge is 0.374 e. The molecule has 0 spiro atoms. The van der Waals surface area contributed by atoms with Crippen LogP contribution in [0, 0.1) is 4.91 Å². The Morgan fingerprint density at radius 3 is 2.59 bits per heavy atom. The molecule has 0 aliphatic rings. The molecule has 0 aliphatic heterocycles. The second-order valence-corrected chi connectivity index (χ2v) is 9.11. The molecule has 6 rings (SSSR count). The molecule has 1 unspecified atom stereocenters. The molecule has 10 nitrogen and oxygen atoms in total. The fourth-order valence-electron chi connectivity index (χ4n) is 4.65. The van der Waals surface area contributed by atoms with E-state index in [1.165, 1.54) is 0 Å². The maximum Gasteiger partial charge on any atom is 0.274 e. The molecule has 182 valence electrons. The van der Waals surface area contributed by atoms with Crippen molar-refractivity contribution in [2.24, 2.45) is 12.2 Å². The third-order valence-electron chi connectivity index (χ3n) is 6.47. The van der Waals surface area contributed by atoms with Crippen molar-refractivity contribution in [2.45, 2.75) is 12.1 Å². The number of imidazole rings is 1. The minimum Gasteiger partial charge on any atom is -0.374 e. The summed E-state index contributed by atoms with van der Waals surface area (Å²) in [7, 11) is 1.82. The van der Waals surface area contributed by atoms with E-state index in [4.69, 9.17) is 16.6 Å². The summed E-state index contributed by atoms with van der Waals surface area (Å²) in [5, 5.41) is 28.6. The van der Waals surface area contributed by atoms with Crippen LogP contribution in [0.1, 0.15) is 22.4 Å². The van der Waals surface area contributed by atoms with Crippen LogP contribution in [0.3, 0.4) is 0 Å². The molecule has 11 heteroatoms. The summed E-state index contributed by atoms with van der Waals surface area (Å²) in [6.07, 6.45) is 3.27. The van der Waals surface area contributed by atoms with Crippen LogP contribution in [0.15, 0.2) is 84.4 Å². The molecule has 3 aromatic carbocycles. The minimum absolute atomic E-state index is 0.0526. The number of hydrogen-bond donors (Lipinski definition) is 1. The van der Waals surface area contributed by atoms with E-state index in [2.05, 4.69) is 25.7 Å². The number of rotatable bonds is 6. The highest BCUT2D eigenvalue weighted by molar-refractivity contribution is 6.30. The standard InChI is InChI=1S/C26H19ClN8O2/c1-34-15-28-14-23(34)26(36,18-7-5-16(6-8-18)13-29-37)19-9-10-22-21(12-19)24(17-3-2-4-20(27)11-17)30-25-31-32-33-35(22)25/h2-12,14-15,36H,13H2,1H3. The van der Waals surface area contributed by atoms with E-state index in [1.807, 2.05) is 43.4 Å². The van der Waals surface area contributed by atoms with Crippen LogP contribution in [0.25, 0.3) is 27.9 Å². The first-order chi connectivity index (χ1) is 18.0. The zero-order valence-electron chi connectivity index (χ0n) is 19.5. The topological polar surface area (TPSA) is 123 Å². The molecule has 0 amide bonds. The van der Waals surface area contributed by atoms with E-state index >= 15 is 0 Å². The van der Waals surface area contributed by atoms with Crippen LogP contribution in [0.5, 0.6) is 0 Å². The van der Waals surface area contributed by atoms with Gasteiger partial charge in [0.15, 0.2) is 5.60 Å². The number of fused-ring (bicyclic) bond motifs is 3. The molecule has 3 heterocycles. The van der Waals surface area contributed by atoms with Crippen LogP contribution in [-0.2, 0) is 19.2 Å². The van der Waals surface area contributed by atoms with E-state index in [0.717, 1.165) is 16.5 Å². The second kappa shape index (κ2) is 8.84. The number of tetrazole rings is 1. The monoisotopic (exact) mass is 510 g/mol. The van der Waals surface area contributed by atoms with Crippen molar-refractivity contribution >= 4 is 28.3 Å². The Hall–Kier alpha value is -4.54. The van der Waals surface area contributed by atoms with Gasteiger partial charge in [0.25, 0.3) is 5.78 Å². The average Bonchev–Trinajstić information content (AvgIpc) is 3.57. The number of aryl methyl sites for hydroxylation is 1. The lowest BCUT2D eigenvalue weighted by Crippen LogP contribution is -2.31. The third kappa shape index (κ3) is 3.74. The first-order valence-electron chi connectivity index (χ1n) is 11.3. The summed E-state index contributed by atoms with van der Waals surface area (Å²) >= 11 is 6.30. The molecule has 1 atom stereocenters. The number of aromatic nitrogens is 7. The van der Waals surface area contributed by atoms with Gasteiger partial charge in [-0.1, -0.05) is 64.3 Å². The van der Waals surface area contributed by atoms with Crippen molar-refractivity contribution in [1.82, 2.24) is 34.6 Å². The Kier molecular flexibility index (Phi) is 5.47.